The zero-order valence-corrected chi connectivity index (χ0v) is 30.2. The average molecular weight is 799 g/mol. The first-order chi connectivity index (χ1) is 25.5. The molecule has 0 aliphatic heterocycles. The lowest BCUT2D eigenvalue weighted by Gasteiger charge is -2.19. The molecule has 19 heteroatoms. The molecule has 0 saturated heterocycles. The molecule has 3 N–H and O–H groups in total. The number of Topliss-reactive ketones (excluding diaryl/α,β-unsaturated/α-hetero) is 1. The number of rotatable bonds is 18. The summed E-state index contributed by atoms with van der Waals surface area (Å²) in [6, 6.07) is 13.1. The highest BCUT2D eigenvalue weighted by atomic mass is 35.5. The predicted molar refractivity (Wildman–Crippen MR) is 184 cm³/mol. The number of nitrogens with one attached hydrogen (secondary N) is 3. The van der Waals surface area contributed by atoms with Crippen molar-refractivity contribution in [2.75, 3.05) is 11.9 Å². The van der Waals surface area contributed by atoms with Gasteiger partial charge < -0.3 is 15.4 Å². The molecule has 0 radical (unpaired) electrons. The Morgan fingerprint density at radius 3 is 2.20 bits per heavy atom. The van der Waals surface area contributed by atoms with E-state index in [1.165, 1.54) is 0 Å². The summed E-state index contributed by atoms with van der Waals surface area (Å²) in [7, 11) is -4.00. The molecule has 3 fully saturated rings. The van der Waals surface area contributed by atoms with Crippen LogP contribution in [0.5, 0.6) is 6.01 Å². The third kappa shape index (κ3) is 9.80. The Bertz CT molecular complexity index is 2000. The van der Waals surface area contributed by atoms with Gasteiger partial charge in [-0.3, -0.25) is 19.1 Å². The molecule has 0 unspecified atom stereocenters. The van der Waals surface area contributed by atoms with E-state index >= 15 is 0 Å². The van der Waals surface area contributed by atoms with Gasteiger partial charge in [-0.15, -0.1) is 0 Å². The van der Waals surface area contributed by atoms with Crippen molar-refractivity contribution < 1.29 is 49.5 Å². The molecule has 0 spiro atoms. The van der Waals surface area contributed by atoms with E-state index in [2.05, 4.69) is 25.6 Å². The van der Waals surface area contributed by atoms with Crippen LogP contribution in [0.2, 0.25) is 5.02 Å². The lowest BCUT2D eigenvalue weighted by molar-refractivity contribution is -0.154. The molecule has 1 heterocycles. The van der Waals surface area contributed by atoms with E-state index < -0.39 is 69.3 Å². The molecule has 2 aromatic carbocycles. The van der Waals surface area contributed by atoms with Crippen LogP contribution in [0, 0.1) is 5.92 Å². The summed E-state index contributed by atoms with van der Waals surface area (Å²) in [5.74, 6) is -3.47. The number of ether oxygens (including phenoxy) is 1. The van der Waals surface area contributed by atoms with Crippen LogP contribution in [0.1, 0.15) is 85.1 Å². The largest absolute Gasteiger partial charge is 0.454 e. The molecule has 2 atom stereocenters. The minimum absolute atomic E-state index is 0.0380. The van der Waals surface area contributed by atoms with Crippen molar-refractivity contribution in [2.45, 2.75) is 93.1 Å². The maximum atomic E-state index is 13.5. The maximum absolute atomic E-state index is 13.5. The summed E-state index contributed by atoms with van der Waals surface area (Å²) < 4.78 is 96.8. The normalized spacial score (nSPS) is 20.2. The molecule has 3 saturated carbocycles. The van der Waals surface area contributed by atoms with Crippen molar-refractivity contribution in [2.24, 2.45) is 5.92 Å². The van der Waals surface area contributed by atoms with Gasteiger partial charge in [0, 0.05) is 29.8 Å². The standard InChI is InChI=1S/C35H36ClF5N6O6S/c36-23-11-9-22(10-12-23)33(15-16-33)46-31-42-27(43-32(44-31)53-19-35(39,40)41)17-20-5-7-21(8-6-20)26(48)3-1-2-4-28(49)45-34(18-25(34)29(37)38)30(50)47-54(51,52)24-13-14-24/h5-12,24-25,29H,1-4,13-19H2,(H,45,49)(H,47,50)(H,42,43,44,46)/t25-,34+/m0/s1. The zero-order chi connectivity index (χ0) is 38.9. The van der Waals surface area contributed by atoms with E-state index in [1.54, 1.807) is 36.4 Å². The van der Waals surface area contributed by atoms with Crippen molar-refractivity contribution >= 4 is 45.2 Å². The molecule has 2 amide bonds. The second-order valence-electron chi connectivity index (χ2n) is 13.8. The number of benzene rings is 2. The minimum Gasteiger partial charge on any atom is -0.454 e. The zero-order valence-electron chi connectivity index (χ0n) is 28.6. The molecule has 54 heavy (non-hydrogen) atoms. The molecule has 12 nitrogen and oxygen atoms in total. The number of amides is 2. The van der Waals surface area contributed by atoms with Crippen molar-refractivity contribution in [1.29, 1.82) is 0 Å². The van der Waals surface area contributed by atoms with Crippen LogP contribution >= 0.6 is 11.6 Å². The Kier molecular flexibility index (Phi) is 11.2. The molecular formula is C35H36ClF5N6O6S. The summed E-state index contributed by atoms with van der Waals surface area (Å²) in [4.78, 5) is 50.7. The highest BCUT2D eigenvalue weighted by Crippen LogP contribution is 2.49. The molecule has 0 bridgehead atoms. The van der Waals surface area contributed by atoms with Gasteiger partial charge in [0.25, 0.3) is 5.91 Å². The van der Waals surface area contributed by atoms with Crippen molar-refractivity contribution in [3.05, 3.63) is 76.1 Å². The number of nitrogens with zero attached hydrogens (tertiary/aromatic N) is 3. The van der Waals surface area contributed by atoms with E-state index in [0.717, 1.165) is 18.4 Å². The summed E-state index contributed by atoms with van der Waals surface area (Å²) in [5, 5.41) is 5.33. The molecule has 3 aliphatic carbocycles. The second-order valence-corrected chi connectivity index (χ2v) is 16.2. The number of carbonyl (C=O) groups is 3. The first-order valence-electron chi connectivity index (χ1n) is 17.2. The van der Waals surface area contributed by atoms with Gasteiger partial charge in [-0.2, -0.15) is 28.1 Å². The van der Waals surface area contributed by atoms with Gasteiger partial charge in [-0.05, 0) is 68.2 Å². The summed E-state index contributed by atoms with van der Waals surface area (Å²) in [6.45, 7) is -1.59. The molecule has 290 valence electrons. The Morgan fingerprint density at radius 1 is 0.944 bits per heavy atom. The quantitative estimate of drug-likeness (QED) is 0.0831. The van der Waals surface area contributed by atoms with Crippen LogP contribution in [0.25, 0.3) is 0 Å². The van der Waals surface area contributed by atoms with E-state index in [1.807, 2.05) is 16.9 Å². The number of ketones is 1. The summed E-state index contributed by atoms with van der Waals surface area (Å²) in [6.07, 6.45) is -5.34. The minimum atomic E-state index is -4.62. The van der Waals surface area contributed by atoms with Gasteiger partial charge in [0.2, 0.25) is 28.3 Å². The Labute approximate surface area is 312 Å². The van der Waals surface area contributed by atoms with Crippen LogP contribution in [0.4, 0.5) is 27.9 Å². The van der Waals surface area contributed by atoms with Crippen molar-refractivity contribution in [3.63, 3.8) is 0 Å². The summed E-state index contributed by atoms with van der Waals surface area (Å²) in [5.41, 5.74) is -0.610. The fraction of sp³-hybridized carbons (Fsp3) is 0.486. The third-order valence-electron chi connectivity index (χ3n) is 9.50. The topological polar surface area (TPSA) is 169 Å². The Morgan fingerprint density at radius 2 is 1.61 bits per heavy atom. The van der Waals surface area contributed by atoms with Crippen LogP contribution < -0.4 is 20.1 Å². The van der Waals surface area contributed by atoms with Gasteiger partial charge in [0.15, 0.2) is 12.4 Å². The number of aromatic nitrogens is 3. The first kappa shape index (κ1) is 39.2. The van der Waals surface area contributed by atoms with E-state index in [4.69, 9.17) is 16.3 Å². The van der Waals surface area contributed by atoms with Crippen LogP contribution in [0.15, 0.2) is 48.5 Å². The van der Waals surface area contributed by atoms with E-state index in [9.17, 15) is 44.8 Å². The van der Waals surface area contributed by atoms with Gasteiger partial charge in [0.05, 0.1) is 16.7 Å². The second kappa shape index (κ2) is 15.4. The number of halogens is 6. The van der Waals surface area contributed by atoms with Crippen LogP contribution in [-0.2, 0) is 31.6 Å². The highest BCUT2D eigenvalue weighted by molar-refractivity contribution is 7.91. The third-order valence-corrected chi connectivity index (χ3v) is 11.6. The number of hydrogen-bond donors (Lipinski definition) is 3. The molecular weight excluding hydrogens is 763 g/mol. The fourth-order valence-corrected chi connectivity index (χ4v) is 7.58. The predicted octanol–water partition coefficient (Wildman–Crippen LogP) is 5.65. The number of anilines is 1. The fourth-order valence-electron chi connectivity index (χ4n) is 6.09. The van der Waals surface area contributed by atoms with E-state index in [0.29, 0.717) is 29.0 Å². The van der Waals surface area contributed by atoms with Gasteiger partial charge >= 0.3 is 12.2 Å². The van der Waals surface area contributed by atoms with Crippen molar-refractivity contribution in [3.8, 4) is 6.01 Å². The van der Waals surface area contributed by atoms with E-state index in [-0.39, 0.29) is 56.1 Å². The number of alkyl halides is 5. The maximum Gasteiger partial charge on any atom is 0.422 e. The number of sulfonamides is 1. The SMILES string of the molecule is O=C(CCCCC(=O)c1ccc(Cc2nc(NC3(c4ccc(Cl)cc4)CC3)nc(OCC(F)(F)F)n2)cc1)N[C@]1(C(=O)NS(=O)(=O)C2CC2)C[C@H]1C(F)F. The molecule has 3 aliphatic rings. The Hall–Kier alpha value is -4.45. The first-order valence-corrected chi connectivity index (χ1v) is 19.2. The average Bonchev–Trinajstić information content (AvgIpc) is 3.97. The molecule has 1 aromatic heterocycles. The number of carbonyl (C=O) groups excluding carboxylic acids is 3. The van der Waals surface area contributed by atoms with Crippen LogP contribution in [-0.4, -0.2) is 71.0 Å². The highest BCUT2D eigenvalue weighted by Gasteiger charge is 2.66. The lowest BCUT2D eigenvalue weighted by Crippen LogP contribution is -2.53. The smallest absolute Gasteiger partial charge is 0.422 e. The van der Waals surface area contributed by atoms with Crippen molar-refractivity contribution in [1.82, 2.24) is 25.0 Å². The number of hydrogen-bond acceptors (Lipinski definition) is 10. The summed E-state index contributed by atoms with van der Waals surface area (Å²) >= 11 is 6.02. The van der Waals surface area contributed by atoms with Gasteiger partial charge in [-0.1, -0.05) is 48.0 Å². The monoisotopic (exact) mass is 798 g/mol. The molecule has 3 aromatic rings. The Balaban J connectivity index is 1.02. The van der Waals surface area contributed by atoms with Gasteiger partial charge in [0.1, 0.15) is 11.4 Å². The number of unbranched alkanes of at least 4 members (excludes halogenated alkanes) is 1. The molecule has 6 rings (SSSR count). The van der Waals surface area contributed by atoms with Gasteiger partial charge in [-0.25, -0.2) is 17.2 Å². The lowest BCUT2D eigenvalue weighted by atomic mass is 10.0. The van der Waals surface area contributed by atoms with Crippen LogP contribution in [0.3, 0.4) is 0 Å².